The van der Waals surface area contributed by atoms with Crippen molar-refractivity contribution in [3.8, 4) is 0 Å². The molecule has 0 aliphatic rings. The zero-order valence-electron chi connectivity index (χ0n) is 10.9. The van der Waals surface area contributed by atoms with Crippen molar-refractivity contribution in [1.29, 1.82) is 0 Å². The highest BCUT2D eigenvalue weighted by Crippen LogP contribution is 2.19. The highest BCUT2D eigenvalue weighted by molar-refractivity contribution is 7.99. The van der Waals surface area contributed by atoms with Crippen LogP contribution in [0, 0.1) is 0 Å². The number of ether oxygens (including phenoxy) is 1. The van der Waals surface area contributed by atoms with E-state index in [9.17, 15) is 5.11 Å². The molecular formula is C13H19N3O2S. The van der Waals surface area contributed by atoms with E-state index in [0.717, 1.165) is 22.7 Å². The summed E-state index contributed by atoms with van der Waals surface area (Å²) in [6, 6.07) is 7.91. The average Bonchev–Trinajstić information content (AvgIpc) is 2.84. The second-order valence-electron chi connectivity index (χ2n) is 4.22. The number of thioether (sulfide) groups is 1. The van der Waals surface area contributed by atoms with Crippen LogP contribution in [-0.2, 0) is 4.74 Å². The van der Waals surface area contributed by atoms with Gasteiger partial charge in [0.2, 0.25) is 0 Å². The highest BCUT2D eigenvalue weighted by atomic mass is 32.2. The molecule has 0 fully saturated rings. The Kier molecular flexibility index (Phi) is 5.65. The predicted molar refractivity (Wildman–Crippen MR) is 77.6 cm³/mol. The fourth-order valence-electron chi connectivity index (χ4n) is 1.67. The summed E-state index contributed by atoms with van der Waals surface area (Å²) < 4.78 is 4.92. The van der Waals surface area contributed by atoms with Crippen LogP contribution in [0.25, 0.3) is 11.0 Å². The maximum Gasteiger partial charge on any atom is 0.166 e. The van der Waals surface area contributed by atoms with E-state index in [1.807, 2.05) is 24.3 Å². The van der Waals surface area contributed by atoms with Gasteiger partial charge in [-0.05, 0) is 12.1 Å². The molecule has 1 heterocycles. The Bertz CT molecular complexity index is 470. The van der Waals surface area contributed by atoms with E-state index in [4.69, 9.17) is 4.74 Å². The fraction of sp³-hybridized carbons (Fsp3) is 0.462. The molecule has 0 radical (unpaired) electrons. The van der Waals surface area contributed by atoms with Gasteiger partial charge in [0.05, 0.1) is 23.7 Å². The first-order chi connectivity index (χ1) is 9.29. The van der Waals surface area contributed by atoms with Gasteiger partial charge in [-0.25, -0.2) is 4.98 Å². The number of para-hydroxylation sites is 2. The lowest BCUT2D eigenvalue weighted by Crippen LogP contribution is -2.30. The first-order valence-electron chi connectivity index (χ1n) is 6.25. The van der Waals surface area contributed by atoms with Gasteiger partial charge in [-0.1, -0.05) is 23.9 Å². The Balaban J connectivity index is 1.75. The number of hydrogen-bond donors (Lipinski definition) is 3. The first kappa shape index (κ1) is 14.3. The standard InChI is InChI=1S/C13H19N3O2S/c1-18-7-6-14-8-10(17)9-19-13-15-11-4-2-3-5-12(11)16-13/h2-5,10,14,17H,6-9H2,1H3,(H,15,16). The van der Waals surface area contributed by atoms with Crippen LogP contribution in [0.15, 0.2) is 29.4 Å². The lowest BCUT2D eigenvalue weighted by Gasteiger charge is -2.10. The Morgan fingerprint density at radius 1 is 1.47 bits per heavy atom. The number of aliphatic hydroxyl groups is 1. The van der Waals surface area contributed by atoms with Crippen LogP contribution in [0.1, 0.15) is 0 Å². The summed E-state index contributed by atoms with van der Waals surface area (Å²) in [5, 5.41) is 13.8. The maximum atomic E-state index is 9.82. The van der Waals surface area contributed by atoms with Gasteiger partial charge in [0, 0.05) is 26.0 Å². The molecule has 2 aromatic rings. The molecule has 6 heteroatoms. The SMILES string of the molecule is COCCNCC(O)CSc1nc2ccccc2[nH]1. The van der Waals surface area contributed by atoms with Gasteiger partial charge in [-0.3, -0.25) is 0 Å². The third kappa shape index (κ3) is 4.50. The molecular weight excluding hydrogens is 262 g/mol. The number of fused-ring (bicyclic) bond motifs is 1. The zero-order valence-corrected chi connectivity index (χ0v) is 11.7. The third-order valence-electron chi connectivity index (χ3n) is 2.64. The number of aromatic amines is 1. The second-order valence-corrected chi connectivity index (χ2v) is 5.23. The first-order valence-corrected chi connectivity index (χ1v) is 7.23. The Morgan fingerprint density at radius 2 is 2.32 bits per heavy atom. The van der Waals surface area contributed by atoms with Crippen LogP contribution in [0.5, 0.6) is 0 Å². The molecule has 104 valence electrons. The Labute approximate surface area is 116 Å². The van der Waals surface area contributed by atoms with Crippen LogP contribution in [0.4, 0.5) is 0 Å². The van der Waals surface area contributed by atoms with E-state index in [0.29, 0.717) is 18.9 Å². The monoisotopic (exact) mass is 281 g/mol. The minimum atomic E-state index is -0.393. The van der Waals surface area contributed by atoms with E-state index >= 15 is 0 Å². The number of imidazole rings is 1. The van der Waals surface area contributed by atoms with E-state index < -0.39 is 6.10 Å². The fourth-order valence-corrected chi connectivity index (χ4v) is 2.49. The summed E-state index contributed by atoms with van der Waals surface area (Å²) in [6.07, 6.45) is -0.393. The number of benzene rings is 1. The summed E-state index contributed by atoms with van der Waals surface area (Å²) in [7, 11) is 1.66. The van der Waals surface area contributed by atoms with E-state index in [2.05, 4.69) is 15.3 Å². The molecule has 0 aliphatic heterocycles. The third-order valence-corrected chi connectivity index (χ3v) is 3.66. The maximum absolute atomic E-state index is 9.82. The number of aromatic nitrogens is 2. The van der Waals surface area contributed by atoms with Gasteiger partial charge >= 0.3 is 0 Å². The molecule has 5 nitrogen and oxygen atoms in total. The largest absolute Gasteiger partial charge is 0.391 e. The summed E-state index contributed by atoms with van der Waals surface area (Å²) >= 11 is 1.53. The van der Waals surface area contributed by atoms with Gasteiger partial charge in [0.25, 0.3) is 0 Å². The number of rotatable bonds is 8. The van der Waals surface area contributed by atoms with E-state index in [1.54, 1.807) is 7.11 Å². The summed E-state index contributed by atoms with van der Waals surface area (Å²) in [6.45, 7) is 1.98. The molecule has 1 aromatic carbocycles. The molecule has 1 unspecified atom stereocenters. The molecule has 0 saturated heterocycles. The van der Waals surface area contributed by atoms with Gasteiger partial charge in [0.15, 0.2) is 5.16 Å². The molecule has 3 N–H and O–H groups in total. The minimum Gasteiger partial charge on any atom is -0.391 e. The molecule has 0 bridgehead atoms. The van der Waals surface area contributed by atoms with Crippen LogP contribution in [0.3, 0.4) is 0 Å². The lowest BCUT2D eigenvalue weighted by atomic mass is 10.3. The number of methoxy groups -OCH3 is 1. The predicted octanol–water partition coefficient (Wildman–Crippen LogP) is 1.25. The Morgan fingerprint density at radius 3 is 3.11 bits per heavy atom. The second kappa shape index (κ2) is 7.49. The van der Waals surface area contributed by atoms with Crippen LogP contribution in [-0.4, -0.2) is 53.7 Å². The summed E-state index contributed by atoms with van der Waals surface area (Å²) in [4.78, 5) is 7.68. The number of aliphatic hydroxyl groups excluding tert-OH is 1. The van der Waals surface area contributed by atoms with Gasteiger partial charge < -0.3 is 20.1 Å². The topological polar surface area (TPSA) is 70.2 Å². The van der Waals surface area contributed by atoms with Crippen LogP contribution >= 0.6 is 11.8 Å². The average molecular weight is 281 g/mol. The van der Waals surface area contributed by atoms with Crippen molar-refractivity contribution in [3.63, 3.8) is 0 Å². The van der Waals surface area contributed by atoms with E-state index in [-0.39, 0.29) is 0 Å². The zero-order chi connectivity index (χ0) is 13.5. The van der Waals surface area contributed by atoms with Crippen molar-refractivity contribution in [2.45, 2.75) is 11.3 Å². The van der Waals surface area contributed by atoms with Crippen LogP contribution < -0.4 is 5.32 Å². The molecule has 1 aromatic heterocycles. The molecule has 2 rings (SSSR count). The van der Waals surface area contributed by atoms with Crippen LogP contribution in [0.2, 0.25) is 0 Å². The van der Waals surface area contributed by atoms with Gasteiger partial charge in [-0.15, -0.1) is 0 Å². The Hall–Kier alpha value is -1.08. The van der Waals surface area contributed by atoms with Crippen molar-refractivity contribution in [1.82, 2.24) is 15.3 Å². The number of hydrogen-bond acceptors (Lipinski definition) is 5. The van der Waals surface area contributed by atoms with Crippen molar-refractivity contribution in [3.05, 3.63) is 24.3 Å². The molecule has 19 heavy (non-hydrogen) atoms. The number of nitrogens with one attached hydrogen (secondary N) is 2. The van der Waals surface area contributed by atoms with Crippen molar-refractivity contribution < 1.29 is 9.84 Å². The molecule has 1 atom stereocenters. The normalized spacial score (nSPS) is 12.9. The van der Waals surface area contributed by atoms with Crippen molar-refractivity contribution in [2.24, 2.45) is 0 Å². The molecule has 0 aliphatic carbocycles. The molecule has 0 saturated carbocycles. The quantitative estimate of drug-likeness (QED) is 0.502. The van der Waals surface area contributed by atoms with Gasteiger partial charge in [-0.2, -0.15) is 0 Å². The van der Waals surface area contributed by atoms with Gasteiger partial charge in [0.1, 0.15) is 0 Å². The van der Waals surface area contributed by atoms with E-state index in [1.165, 1.54) is 11.8 Å². The smallest absolute Gasteiger partial charge is 0.166 e. The number of H-pyrrole nitrogens is 1. The highest BCUT2D eigenvalue weighted by Gasteiger charge is 2.07. The minimum absolute atomic E-state index is 0.393. The van der Waals surface area contributed by atoms with Crippen molar-refractivity contribution in [2.75, 3.05) is 32.6 Å². The number of nitrogens with zero attached hydrogens (tertiary/aromatic N) is 1. The molecule has 0 amide bonds. The summed E-state index contributed by atoms with van der Waals surface area (Å²) in [5.74, 6) is 0.611. The lowest BCUT2D eigenvalue weighted by molar-refractivity contribution is 0.175. The summed E-state index contributed by atoms with van der Waals surface area (Å²) in [5.41, 5.74) is 1.98. The molecule has 0 spiro atoms. The van der Waals surface area contributed by atoms with Crippen molar-refractivity contribution >= 4 is 22.8 Å².